The van der Waals surface area contributed by atoms with E-state index < -0.39 is 80.8 Å². The van der Waals surface area contributed by atoms with E-state index in [1.807, 2.05) is 0 Å². The lowest BCUT2D eigenvalue weighted by atomic mass is 9.48. The van der Waals surface area contributed by atoms with Crippen LogP contribution in [-0.2, 0) is 28.4 Å². The van der Waals surface area contributed by atoms with E-state index in [1.54, 1.807) is 0 Å². The van der Waals surface area contributed by atoms with Gasteiger partial charge < -0.3 is 79.5 Å². The summed E-state index contributed by atoms with van der Waals surface area (Å²) in [5, 5.41) is 101. The predicted molar refractivity (Wildman–Crippen MR) is 165 cm³/mol. The van der Waals surface area contributed by atoms with Gasteiger partial charge in [0.25, 0.3) is 0 Å². The lowest BCUT2D eigenvalue weighted by molar-refractivity contribution is -0.401. The van der Waals surface area contributed by atoms with Crippen molar-refractivity contribution in [3.63, 3.8) is 0 Å². The Kier molecular flexibility index (Phi) is 12.5. The number of aliphatic hydroxyl groups excluding tert-OH is 9. The molecule has 16 unspecified atom stereocenters. The lowest BCUT2D eigenvalue weighted by Crippen LogP contribution is -2.59. The minimum Gasteiger partial charge on any atom is -0.393 e. The second-order valence-electron chi connectivity index (χ2n) is 15.2. The fourth-order valence-electron chi connectivity index (χ4n) is 9.20. The maximum Gasteiger partial charge on any atom is 0.212 e. The normalized spacial score (nSPS) is 44.6. The molecule has 0 aromatic rings. The lowest BCUT2D eigenvalue weighted by Gasteiger charge is -2.57. The molecule has 18 atom stereocenters. The summed E-state index contributed by atoms with van der Waals surface area (Å²) in [4.78, 5) is 0. The van der Waals surface area contributed by atoms with Gasteiger partial charge in [-0.2, -0.15) is 0 Å². The first-order valence-electron chi connectivity index (χ1n) is 17.4. The standard InChI is InChI=1S/C33H56O16/c1-14(34)44-30(25(39)26(40)41)49-28(43)31(46-15(2)45-29-24(38)22(36)23(37)27(42)48-29)47-18-7-10-33(4)16(11-18)5-6-19-20(33)8-9-32(3)13-17(35)12-21(19)32/h5,14-15,17-31,34-43H,6-13H2,1-4H3/t14?,15?,17?,18?,19?,20-,21?,22?,23?,24?,25?,27?,28+,29?,30?,31?,32?,33?/m0/s1. The van der Waals surface area contributed by atoms with Crippen LogP contribution in [0.15, 0.2) is 11.6 Å². The average Bonchev–Trinajstić information content (AvgIpc) is 3.35. The molecule has 4 aliphatic carbocycles. The van der Waals surface area contributed by atoms with E-state index in [0.29, 0.717) is 30.6 Å². The molecule has 16 heteroatoms. The maximum atomic E-state index is 11.2. The van der Waals surface area contributed by atoms with Gasteiger partial charge in [-0.3, -0.25) is 0 Å². The van der Waals surface area contributed by atoms with Gasteiger partial charge >= 0.3 is 0 Å². The topological polar surface area (TPSA) is 258 Å². The van der Waals surface area contributed by atoms with Gasteiger partial charge in [-0.15, -0.1) is 0 Å². The van der Waals surface area contributed by atoms with Crippen LogP contribution in [0.3, 0.4) is 0 Å². The quantitative estimate of drug-likeness (QED) is 0.0800. The van der Waals surface area contributed by atoms with E-state index in [4.69, 9.17) is 28.4 Å². The Bertz CT molecular complexity index is 1120. The molecule has 284 valence electrons. The third-order valence-electron chi connectivity index (χ3n) is 11.7. The Balaban J connectivity index is 1.31. The fraction of sp³-hybridized carbons (Fsp3) is 0.939. The zero-order chi connectivity index (χ0) is 36.0. The molecule has 3 saturated carbocycles. The maximum absolute atomic E-state index is 11.2. The van der Waals surface area contributed by atoms with Gasteiger partial charge in [0, 0.05) is 0 Å². The van der Waals surface area contributed by atoms with Crippen LogP contribution in [0.25, 0.3) is 0 Å². The highest BCUT2D eigenvalue weighted by atomic mass is 16.8. The summed E-state index contributed by atoms with van der Waals surface area (Å²) in [5.74, 6) is 1.42. The summed E-state index contributed by atoms with van der Waals surface area (Å²) in [6, 6.07) is 0. The molecule has 16 nitrogen and oxygen atoms in total. The summed E-state index contributed by atoms with van der Waals surface area (Å²) < 4.78 is 33.1. The summed E-state index contributed by atoms with van der Waals surface area (Å²) in [5.41, 5.74) is 1.32. The Hall–Kier alpha value is -0.900. The monoisotopic (exact) mass is 708 g/mol. The van der Waals surface area contributed by atoms with E-state index >= 15 is 0 Å². The molecule has 10 N–H and O–H groups in total. The van der Waals surface area contributed by atoms with E-state index in [1.165, 1.54) is 19.4 Å². The molecule has 0 aromatic heterocycles. The van der Waals surface area contributed by atoms with Gasteiger partial charge in [0.05, 0.1) is 12.2 Å². The van der Waals surface area contributed by atoms with E-state index in [0.717, 1.165) is 38.5 Å². The van der Waals surface area contributed by atoms with Crippen molar-refractivity contribution in [1.29, 1.82) is 0 Å². The molecule has 1 saturated heterocycles. The first kappa shape index (κ1) is 39.3. The van der Waals surface area contributed by atoms with Crippen molar-refractivity contribution in [3.05, 3.63) is 11.6 Å². The number of hydrogen-bond acceptors (Lipinski definition) is 16. The SMILES string of the molecule is CC(O)OC(O[C@@H](O)C(OC1CCC2(C)C(=CCC3C4CC(O)CC4(C)CC[C@@H]32)C1)OC(C)OC1OC(O)C(O)C(O)C1O)C(O)C(O)O. The molecule has 0 radical (unpaired) electrons. The van der Waals surface area contributed by atoms with Gasteiger partial charge in [-0.25, -0.2) is 0 Å². The second kappa shape index (κ2) is 15.6. The van der Waals surface area contributed by atoms with Crippen molar-refractivity contribution >= 4 is 0 Å². The Morgan fingerprint density at radius 2 is 1.53 bits per heavy atom. The minimum absolute atomic E-state index is 0.0716. The average molecular weight is 709 g/mol. The smallest absolute Gasteiger partial charge is 0.212 e. The molecular weight excluding hydrogens is 652 g/mol. The highest BCUT2D eigenvalue weighted by Crippen LogP contribution is 2.65. The van der Waals surface area contributed by atoms with Crippen LogP contribution in [0.4, 0.5) is 0 Å². The zero-order valence-electron chi connectivity index (χ0n) is 28.5. The van der Waals surface area contributed by atoms with Crippen LogP contribution in [0.2, 0.25) is 0 Å². The molecule has 5 aliphatic rings. The number of hydrogen-bond donors (Lipinski definition) is 10. The predicted octanol–water partition coefficient (Wildman–Crippen LogP) is -1.15. The van der Waals surface area contributed by atoms with Gasteiger partial charge in [0.15, 0.2) is 43.8 Å². The fourth-order valence-corrected chi connectivity index (χ4v) is 9.20. The third-order valence-corrected chi connectivity index (χ3v) is 11.7. The Morgan fingerprint density at radius 1 is 0.816 bits per heavy atom. The first-order chi connectivity index (χ1) is 22.9. The van der Waals surface area contributed by atoms with Crippen LogP contribution in [0.1, 0.15) is 79.1 Å². The Labute approximate surface area is 285 Å². The molecule has 0 bridgehead atoms. The van der Waals surface area contributed by atoms with Crippen LogP contribution < -0.4 is 0 Å². The zero-order valence-corrected chi connectivity index (χ0v) is 28.5. The molecule has 0 amide bonds. The van der Waals surface area contributed by atoms with Gasteiger partial charge in [0.2, 0.25) is 12.6 Å². The molecular formula is C33H56O16. The van der Waals surface area contributed by atoms with Crippen molar-refractivity contribution < 1.29 is 79.5 Å². The van der Waals surface area contributed by atoms with Gasteiger partial charge in [0.1, 0.15) is 18.3 Å². The number of fused-ring (bicyclic) bond motifs is 5. The van der Waals surface area contributed by atoms with Gasteiger partial charge in [-0.05, 0) is 93.8 Å². The van der Waals surface area contributed by atoms with E-state index in [9.17, 15) is 51.1 Å². The highest BCUT2D eigenvalue weighted by molar-refractivity contribution is 5.25. The van der Waals surface area contributed by atoms with Crippen LogP contribution in [0.5, 0.6) is 0 Å². The van der Waals surface area contributed by atoms with Crippen LogP contribution in [0, 0.1) is 28.6 Å². The molecule has 5 rings (SSSR count). The first-order valence-corrected chi connectivity index (χ1v) is 17.4. The molecule has 0 spiro atoms. The largest absolute Gasteiger partial charge is 0.393 e. The molecule has 4 fully saturated rings. The van der Waals surface area contributed by atoms with Crippen molar-refractivity contribution in [2.24, 2.45) is 28.6 Å². The number of allylic oxidation sites excluding steroid dienone is 1. The summed E-state index contributed by atoms with van der Waals surface area (Å²) in [6.07, 6.45) is -13.8. The molecule has 1 aliphatic heterocycles. The molecule has 1 heterocycles. The van der Waals surface area contributed by atoms with Crippen molar-refractivity contribution in [2.75, 3.05) is 0 Å². The second-order valence-corrected chi connectivity index (χ2v) is 15.2. The van der Waals surface area contributed by atoms with Crippen molar-refractivity contribution in [2.45, 2.75) is 166 Å². The summed E-state index contributed by atoms with van der Waals surface area (Å²) in [7, 11) is 0. The van der Waals surface area contributed by atoms with E-state index in [-0.39, 0.29) is 16.9 Å². The number of rotatable bonds is 13. The summed E-state index contributed by atoms with van der Waals surface area (Å²) >= 11 is 0. The molecule has 0 aromatic carbocycles. The summed E-state index contributed by atoms with van der Waals surface area (Å²) in [6.45, 7) is 7.15. The molecule has 49 heavy (non-hydrogen) atoms. The third kappa shape index (κ3) is 8.35. The van der Waals surface area contributed by atoms with Crippen molar-refractivity contribution in [1.82, 2.24) is 0 Å². The Morgan fingerprint density at radius 3 is 2.20 bits per heavy atom. The van der Waals surface area contributed by atoms with Crippen LogP contribution >= 0.6 is 0 Å². The minimum atomic E-state index is -2.36. The number of ether oxygens (including phenoxy) is 6. The van der Waals surface area contributed by atoms with Gasteiger partial charge in [-0.1, -0.05) is 25.5 Å². The number of aliphatic hydroxyl groups is 10. The van der Waals surface area contributed by atoms with Crippen molar-refractivity contribution in [3.8, 4) is 0 Å². The highest BCUT2D eigenvalue weighted by Gasteiger charge is 2.57. The van der Waals surface area contributed by atoms with E-state index in [2.05, 4.69) is 19.9 Å². The van der Waals surface area contributed by atoms with Crippen LogP contribution in [-0.4, -0.2) is 138 Å².